The van der Waals surface area contributed by atoms with Gasteiger partial charge in [-0.3, -0.25) is 10.1 Å². The van der Waals surface area contributed by atoms with E-state index in [-0.39, 0.29) is 28.2 Å². The Morgan fingerprint density at radius 3 is 2.47 bits per heavy atom. The van der Waals surface area contributed by atoms with Crippen LogP contribution in [0.1, 0.15) is 31.4 Å². The average molecular weight is 264 g/mol. The molecule has 2 N–H and O–H groups in total. The van der Waals surface area contributed by atoms with Gasteiger partial charge in [0.1, 0.15) is 11.9 Å². The van der Waals surface area contributed by atoms with Crippen LogP contribution in [0.25, 0.3) is 0 Å². The summed E-state index contributed by atoms with van der Waals surface area (Å²) in [5.41, 5.74) is 7.45. The van der Waals surface area contributed by atoms with Gasteiger partial charge in [0.15, 0.2) is 0 Å². The van der Waals surface area contributed by atoms with Crippen molar-refractivity contribution in [1.82, 2.24) is 0 Å². The summed E-state index contributed by atoms with van der Waals surface area (Å²) in [5.74, 6) is 0.716. The van der Waals surface area contributed by atoms with Gasteiger partial charge in [-0.15, -0.1) is 0 Å². The van der Waals surface area contributed by atoms with Crippen molar-refractivity contribution in [3.8, 4) is 5.75 Å². The summed E-state index contributed by atoms with van der Waals surface area (Å²) >= 11 is 0. The number of hydrogen-bond donors (Lipinski definition) is 1. The van der Waals surface area contributed by atoms with Gasteiger partial charge in [-0.2, -0.15) is 0 Å². The summed E-state index contributed by atoms with van der Waals surface area (Å²) in [6, 6.07) is 3.46. The maximum Gasteiger partial charge on any atom is 0.272 e. The minimum Gasteiger partial charge on any atom is -0.489 e. The van der Waals surface area contributed by atoms with E-state index in [0.717, 1.165) is 12.0 Å². The maximum absolute atomic E-state index is 10.9. The molecule has 5 nitrogen and oxygen atoms in total. The molecular weight excluding hydrogens is 244 g/mol. The fourth-order valence-electron chi connectivity index (χ4n) is 2.37. The van der Waals surface area contributed by atoms with Crippen LogP contribution in [0.5, 0.6) is 5.75 Å². The van der Waals surface area contributed by atoms with Crippen LogP contribution in [-0.4, -0.2) is 17.1 Å². The van der Waals surface area contributed by atoms with E-state index in [2.05, 4.69) is 13.8 Å². The predicted molar refractivity (Wildman–Crippen MR) is 73.4 cm³/mol. The normalized spacial score (nSPS) is 24.7. The summed E-state index contributed by atoms with van der Waals surface area (Å²) < 4.78 is 5.98. The van der Waals surface area contributed by atoms with Crippen LogP contribution < -0.4 is 10.5 Å². The second-order valence-electron chi connectivity index (χ2n) is 5.93. The number of nitrogens with two attached hydrogens (primary N) is 1. The van der Waals surface area contributed by atoms with Gasteiger partial charge in [-0.25, -0.2) is 0 Å². The third kappa shape index (κ3) is 2.30. The first-order valence-electron chi connectivity index (χ1n) is 6.41. The van der Waals surface area contributed by atoms with Crippen LogP contribution >= 0.6 is 0 Å². The predicted octanol–water partition coefficient (Wildman–Crippen LogP) is 2.72. The lowest BCUT2D eigenvalue weighted by atomic mass is 9.65. The molecule has 0 aliphatic heterocycles. The SMILES string of the molecule is Cc1cc([N+](=O)[O-])c(C)cc1OC1CC(N)C1(C)C. The first-order valence-corrected chi connectivity index (χ1v) is 6.41. The Morgan fingerprint density at radius 2 is 2.00 bits per heavy atom. The smallest absolute Gasteiger partial charge is 0.272 e. The summed E-state index contributed by atoms with van der Waals surface area (Å²) in [7, 11) is 0. The van der Waals surface area contributed by atoms with Crippen LogP contribution in [-0.2, 0) is 0 Å². The second-order valence-corrected chi connectivity index (χ2v) is 5.93. The van der Waals surface area contributed by atoms with Crippen molar-refractivity contribution in [3.05, 3.63) is 33.4 Å². The van der Waals surface area contributed by atoms with Crippen molar-refractivity contribution >= 4 is 5.69 Å². The molecule has 0 spiro atoms. The molecule has 2 atom stereocenters. The molecule has 0 heterocycles. The quantitative estimate of drug-likeness (QED) is 0.672. The van der Waals surface area contributed by atoms with Crippen LogP contribution in [0, 0.1) is 29.4 Å². The van der Waals surface area contributed by atoms with Gasteiger partial charge < -0.3 is 10.5 Å². The third-order valence-electron chi connectivity index (χ3n) is 4.21. The number of nitro benzene ring substituents is 1. The first kappa shape index (κ1) is 13.8. The molecule has 0 aromatic heterocycles. The number of rotatable bonds is 3. The molecule has 1 fully saturated rings. The van der Waals surface area contributed by atoms with E-state index in [0.29, 0.717) is 11.3 Å². The Bertz CT molecular complexity index is 526. The van der Waals surface area contributed by atoms with Crippen molar-refractivity contribution < 1.29 is 9.66 Å². The van der Waals surface area contributed by atoms with E-state index >= 15 is 0 Å². The highest BCUT2D eigenvalue weighted by Crippen LogP contribution is 2.42. The summed E-state index contributed by atoms with van der Waals surface area (Å²) in [4.78, 5) is 10.5. The summed E-state index contributed by atoms with van der Waals surface area (Å²) in [6.45, 7) is 7.72. The zero-order valence-corrected chi connectivity index (χ0v) is 11.8. The fraction of sp³-hybridized carbons (Fsp3) is 0.571. The van der Waals surface area contributed by atoms with E-state index < -0.39 is 0 Å². The van der Waals surface area contributed by atoms with Crippen LogP contribution in [0.3, 0.4) is 0 Å². The van der Waals surface area contributed by atoms with Crippen LogP contribution in [0.15, 0.2) is 12.1 Å². The first-order chi connectivity index (χ1) is 8.73. The summed E-state index contributed by atoms with van der Waals surface area (Å²) in [5, 5.41) is 10.9. The Labute approximate surface area is 112 Å². The van der Waals surface area contributed by atoms with Gasteiger partial charge in [0.2, 0.25) is 0 Å². The molecule has 1 aliphatic carbocycles. The Morgan fingerprint density at radius 1 is 1.37 bits per heavy atom. The molecule has 1 saturated carbocycles. The molecule has 0 saturated heterocycles. The minimum atomic E-state index is -0.366. The van der Waals surface area contributed by atoms with E-state index in [9.17, 15) is 10.1 Å². The number of nitro groups is 1. The van der Waals surface area contributed by atoms with Crippen molar-refractivity contribution in [2.45, 2.75) is 46.3 Å². The third-order valence-corrected chi connectivity index (χ3v) is 4.21. The molecule has 0 amide bonds. The molecular formula is C14H20N2O3. The number of ether oxygens (including phenoxy) is 1. The average Bonchev–Trinajstić information content (AvgIpc) is 2.32. The molecule has 1 aromatic carbocycles. The van der Waals surface area contributed by atoms with Crippen molar-refractivity contribution in [3.63, 3.8) is 0 Å². The second kappa shape index (κ2) is 4.49. The van der Waals surface area contributed by atoms with E-state index in [1.54, 1.807) is 19.1 Å². The number of aryl methyl sites for hydroxylation is 2. The van der Waals surface area contributed by atoms with Gasteiger partial charge >= 0.3 is 0 Å². The van der Waals surface area contributed by atoms with E-state index in [1.165, 1.54) is 0 Å². The van der Waals surface area contributed by atoms with E-state index in [1.807, 2.05) is 6.92 Å². The standard InChI is InChI=1S/C14H20N2O3/c1-8-6-11(9(2)5-10(8)16(17)18)19-13-7-12(15)14(13,3)4/h5-6,12-13H,7,15H2,1-4H3. The van der Waals surface area contributed by atoms with Crippen LogP contribution in [0.2, 0.25) is 0 Å². The zero-order chi connectivity index (χ0) is 14.4. The Balaban J connectivity index is 2.23. The highest BCUT2D eigenvalue weighted by atomic mass is 16.6. The molecule has 19 heavy (non-hydrogen) atoms. The lowest BCUT2D eigenvalue weighted by Gasteiger charge is -2.49. The zero-order valence-electron chi connectivity index (χ0n) is 11.8. The van der Waals surface area contributed by atoms with Gasteiger partial charge in [-0.05, 0) is 25.5 Å². The number of hydrogen-bond acceptors (Lipinski definition) is 4. The molecule has 2 rings (SSSR count). The molecule has 1 aliphatic rings. The Kier molecular flexibility index (Phi) is 3.26. The monoisotopic (exact) mass is 264 g/mol. The topological polar surface area (TPSA) is 78.4 Å². The van der Waals surface area contributed by atoms with Gasteiger partial charge in [-0.1, -0.05) is 13.8 Å². The lowest BCUT2D eigenvalue weighted by molar-refractivity contribution is -0.385. The molecule has 5 heteroatoms. The van der Waals surface area contributed by atoms with E-state index in [4.69, 9.17) is 10.5 Å². The molecule has 2 unspecified atom stereocenters. The summed E-state index contributed by atoms with van der Waals surface area (Å²) in [6.07, 6.45) is 0.893. The maximum atomic E-state index is 10.9. The van der Waals surface area contributed by atoms with Gasteiger partial charge in [0.25, 0.3) is 5.69 Å². The number of nitrogens with zero attached hydrogens (tertiary/aromatic N) is 1. The Hall–Kier alpha value is -1.62. The van der Waals surface area contributed by atoms with Gasteiger partial charge in [0, 0.05) is 29.5 Å². The minimum absolute atomic E-state index is 0.0535. The fourth-order valence-corrected chi connectivity index (χ4v) is 2.37. The van der Waals surface area contributed by atoms with Crippen molar-refractivity contribution in [1.29, 1.82) is 0 Å². The largest absolute Gasteiger partial charge is 0.489 e. The molecule has 0 bridgehead atoms. The molecule has 0 radical (unpaired) electrons. The molecule has 104 valence electrons. The van der Waals surface area contributed by atoms with Crippen LogP contribution in [0.4, 0.5) is 5.69 Å². The highest BCUT2D eigenvalue weighted by Gasteiger charge is 2.48. The highest BCUT2D eigenvalue weighted by molar-refractivity contribution is 5.49. The van der Waals surface area contributed by atoms with Gasteiger partial charge in [0.05, 0.1) is 4.92 Å². The lowest BCUT2D eigenvalue weighted by Crippen LogP contribution is -2.60. The number of benzene rings is 1. The molecule has 1 aromatic rings. The van der Waals surface area contributed by atoms with Crippen molar-refractivity contribution in [2.24, 2.45) is 11.1 Å². The van der Waals surface area contributed by atoms with Crippen molar-refractivity contribution in [2.75, 3.05) is 0 Å².